The second-order valence-corrected chi connectivity index (χ2v) is 5.97. The van der Waals surface area contributed by atoms with Gasteiger partial charge >= 0.3 is 0 Å². The van der Waals surface area contributed by atoms with Crippen molar-refractivity contribution in [2.24, 2.45) is 0 Å². The van der Waals surface area contributed by atoms with E-state index in [9.17, 15) is 0 Å². The summed E-state index contributed by atoms with van der Waals surface area (Å²) in [4.78, 5) is 0. The van der Waals surface area contributed by atoms with Crippen LogP contribution in [-0.4, -0.2) is 6.04 Å². The Kier molecular flexibility index (Phi) is 3.31. The van der Waals surface area contributed by atoms with Gasteiger partial charge in [0.05, 0.1) is 10.7 Å². The van der Waals surface area contributed by atoms with Crippen molar-refractivity contribution in [1.82, 2.24) is 0 Å². The fourth-order valence-electron chi connectivity index (χ4n) is 2.49. The van der Waals surface area contributed by atoms with E-state index in [4.69, 9.17) is 11.6 Å². The number of benzene rings is 2. The van der Waals surface area contributed by atoms with Gasteiger partial charge in [0.25, 0.3) is 0 Å². The van der Waals surface area contributed by atoms with E-state index < -0.39 is 0 Å². The lowest BCUT2D eigenvalue weighted by Gasteiger charge is -2.15. The molecule has 2 aromatic carbocycles. The molecule has 0 saturated carbocycles. The van der Waals surface area contributed by atoms with Crippen LogP contribution in [0.25, 0.3) is 0 Å². The standard InChI is InChI=1S/C15H13BrClN/c16-12-5-6-15(14(17)9-12)18-13-7-10-3-1-2-4-11(10)8-13/h1-6,9,13,18H,7-8H2. The van der Waals surface area contributed by atoms with Crippen LogP contribution in [0.2, 0.25) is 5.02 Å². The van der Waals surface area contributed by atoms with Crippen LogP contribution in [0, 0.1) is 0 Å². The number of anilines is 1. The molecule has 3 rings (SSSR count). The third-order valence-corrected chi connectivity index (χ3v) is 4.15. The molecule has 0 spiro atoms. The SMILES string of the molecule is Clc1cc(Br)ccc1NC1Cc2ccccc2C1. The average molecular weight is 323 g/mol. The molecule has 1 nitrogen and oxygen atoms in total. The minimum Gasteiger partial charge on any atom is -0.380 e. The van der Waals surface area contributed by atoms with Crippen molar-refractivity contribution in [2.45, 2.75) is 18.9 Å². The molecule has 1 aliphatic rings. The van der Waals surface area contributed by atoms with Crippen LogP contribution < -0.4 is 5.32 Å². The zero-order chi connectivity index (χ0) is 12.5. The highest BCUT2D eigenvalue weighted by atomic mass is 79.9. The zero-order valence-corrected chi connectivity index (χ0v) is 12.1. The highest BCUT2D eigenvalue weighted by Gasteiger charge is 2.21. The molecule has 92 valence electrons. The first kappa shape index (κ1) is 12.1. The van der Waals surface area contributed by atoms with Crippen molar-refractivity contribution in [3.63, 3.8) is 0 Å². The van der Waals surface area contributed by atoms with Crippen LogP contribution in [0.5, 0.6) is 0 Å². The van der Waals surface area contributed by atoms with E-state index >= 15 is 0 Å². The first-order chi connectivity index (χ1) is 8.72. The summed E-state index contributed by atoms with van der Waals surface area (Å²) in [7, 11) is 0. The Labute approximate surface area is 120 Å². The van der Waals surface area contributed by atoms with Gasteiger partial charge in [-0.2, -0.15) is 0 Å². The summed E-state index contributed by atoms with van der Waals surface area (Å²) in [5.74, 6) is 0. The molecule has 18 heavy (non-hydrogen) atoms. The smallest absolute Gasteiger partial charge is 0.0648 e. The summed E-state index contributed by atoms with van der Waals surface area (Å²) in [5, 5.41) is 4.29. The van der Waals surface area contributed by atoms with Gasteiger partial charge in [-0.1, -0.05) is 51.8 Å². The summed E-state index contributed by atoms with van der Waals surface area (Å²) in [5.41, 5.74) is 3.91. The van der Waals surface area contributed by atoms with Gasteiger partial charge in [0.1, 0.15) is 0 Å². The maximum absolute atomic E-state index is 6.23. The van der Waals surface area contributed by atoms with Crippen LogP contribution in [0.15, 0.2) is 46.9 Å². The quantitative estimate of drug-likeness (QED) is 0.846. The van der Waals surface area contributed by atoms with Crippen LogP contribution in [0.4, 0.5) is 5.69 Å². The topological polar surface area (TPSA) is 12.0 Å². The molecular weight excluding hydrogens is 310 g/mol. The minimum atomic E-state index is 0.445. The Morgan fingerprint density at radius 2 is 1.72 bits per heavy atom. The third kappa shape index (κ3) is 2.40. The van der Waals surface area contributed by atoms with Crippen molar-refractivity contribution in [2.75, 3.05) is 5.32 Å². The first-order valence-corrected chi connectivity index (χ1v) is 7.18. The normalized spacial score (nSPS) is 14.6. The lowest BCUT2D eigenvalue weighted by molar-refractivity contribution is 0.774. The van der Waals surface area contributed by atoms with Gasteiger partial charge in [0.15, 0.2) is 0 Å². The van der Waals surface area contributed by atoms with Gasteiger partial charge < -0.3 is 5.32 Å². The maximum Gasteiger partial charge on any atom is 0.0648 e. The van der Waals surface area contributed by atoms with Crippen molar-refractivity contribution in [3.05, 3.63) is 63.1 Å². The van der Waals surface area contributed by atoms with Crippen LogP contribution >= 0.6 is 27.5 Å². The molecule has 0 aliphatic heterocycles. The lowest BCUT2D eigenvalue weighted by atomic mass is 10.1. The van der Waals surface area contributed by atoms with Crippen LogP contribution in [-0.2, 0) is 12.8 Å². The van der Waals surface area contributed by atoms with Gasteiger partial charge in [-0.3, -0.25) is 0 Å². The Morgan fingerprint density at radius 3 is 2.33 bits per heavy atom. The van der Waals surface area contributed by atoms with Crippen LogP contribution in [0.1, 0.15) is 11.1 Å². The number of halogens is 2. The number of nitrogens with one attached hydrogen (secondary N) is 1. The van der Waals surface area contributed by atoms with Gasteiger partial charge in [-0.05, 0) is 42.2 Å². The molecule has 0 unspecified atom stereocenters. The number of hydrogen-bond acceptors (Lipinski definition) is 1. The van der Waals surface area contributed by atoms with Crippen molar-refractivity contribution in [1.29, 1.82) is 0 Å². The largest absolute Gasteiger partial charge is 0.380 e. The van der Waals surface area contributed by atoms with E-state index in [2.05, 4.69) is 45.5 Å². The van der Waals surface area contributed by atoms with Gasteiger partial charge in [0.2, 0.25) is 0 Å². The fraction of sp³-hybridized carbons (Fsp3) is 0.200. The predicted molar refractivity (Wildman–Crippen MR) is 80.4 cm³/mol. The Balaban J connectivity index is 1.76. The van der Waals surface area contributed by atoms with E-state index in [1.807, 2.05) is 18.2 Å². The van der Waals surface area contributed by atoms with Gasteiger partial charge in [0, 0.05) is 10.5 Å². The van der Waals surface area contributed by atoms with E-state index in [1.54, 1.807) is 0 Å². The van der Waals surface area contributed by atoms with Crippen molar-refractivity contribution >= 4 is 33.2 Å². The molecule has 0 atom stereocenters. The average Bonchev–Trinajstić information content (AvgIpc) is 2.75. The van der Waals surface area contributed by atoms with Crippen molar-refractivity contribution < 1.29 is 0 Å². The summed E-state index contributed by atoms with van der Waals surface area (Å²) in [6.07, 6.45) is 2.14. The van der Waals surface area contributed by atoms with Crippen molar-refractivity contribution in [3.8, 4) is 0 Å². The highest BCUT2D eigenvalue weighted by Crippen LogP contribution is 2.29. The molecule has 2 aromatic rings. The second kappa shape index (κ2) is 4.94. The third-order valence-electron chi connectivity index (χ3n) is 3.34. The summed E-state index contributed by atoms with van der Waals surface area (Å²) in [6, 6.07) is 15.0. The molecule has 0 fully saturated rings. The molecule has 0 heterocycles. The van der Waals surface area contributed by atoms with Gasteiger partial charge in [-0.15, -0.1) is 0 Å². The van der Waals surface area contributed by atoms with E-state index in [0.717, 1.165) is 28.0 Å². The Hall–Kier alpha value is -0.990. The second-order valence-electron chi connectivity index (χ2n) is 4.64. The minimum absolute atomic E-state index is 0.445. The molecule has 0 bridgehead atoms. The molecule has 0 radical (unpaired) electrons. The Bertz CT molecular complexity index is 557. The van der Waals surface area contributed by atoms with Crippen LogP contribution in [0.3, 0.4) is 0 Å². The molecule has 0 amide bonds. The summed E-state index contributed by atoms with van der Waals surface area (Å²) < 4.78 is 1.01. The maximum atomic E-state index is 6.23. The molecular formula is C15H13BrClN. The van der Waals surface area contributed by atoms with E-state index in [-0.39, 0.29) is 0 Å². The molecule has 1 N–H and O–H groups in total. The monoisotopic (exact) mass is 321 g/mol. The molecule has 0 aromatic heterocycles. The molecule has 3 heteroatoms. The molecule has 1 aliphatic carbocycles. The number of hydrogen-bond donors (Lipinski definition) is 1. The number of rotatable bonds is 2. The highest BCUT2D eigenvalue weighted by molar-refractivity contribution is 9.10. The van der Waals surface area contributed by atoms with E-state index in [1.165, 1.54) is 11.1 Å². The fourth-order valence-corrected chi connectivity index (χ4v) is 3.22. The summed E-state index contributed by atoms with van der Waals surface area (Å²) in [6.45, 7) is 0. The Morgan fingerprint density at radius 1 is 1.06 bits per heavy atom. The summed E-state index contributed by atoms with van der Waals surface area (Å²) >= 11 is 9.65. The molecule has 0 saturated heterocycles. The van der Waals surface area contributed by atoms with E-state index in [0.29, 0.717) is 6.04 Å². The zero-order valence-electron chi connectivity index (χ0n) is 9.79. The number of fused-ring (bicyclic) bond motifs is 1. The van der Waals surface area contributed by atoms with Gasteiger partial charge in [-0.25, -0.2) is 0 Å². The predicted octanol–water partition coefficient (Wildman–Crippen LogP) is 4.68. The first-order valence-electron chi connectivity index (χ1n) is 6.01. The lowest BCUT2D eigenvalue weighted by Crippen LogP contribution is -2.19.